The molecule has 1 spiro atoms. The fourth-order valence-corrected chi connectivity index (χ4v) is 7.75. The zero-order valence-electron chi connectivity index (χ0n) is 18.8. The Bertz CT molecular complexity index is 1070. The molecule has 176 valence electrons. The maximum Gasteiger partial charge on any atom is 0.155 e. The first-order chi connectivity index (χ1) is 15.4. The van der Waals surface area contributed by atoms with Gasteiger partial charge in [0, 0.05) is 41.5 Å². The molecule has 0 bridgehead atoms. The van der Waals surface area contributed by atoms with E-state index in [0.717, 1.165) is 51.1 Å². The van der Waals surface area contributed by atoms with Crippen LogP contribution in [0.3, 0.4) is 0 Å². The van der Waals surface area contributed by atoms with Crippen molar-refractivity contribution in [3.8, 4) is 0 Å². The zero-order valence-corrected chi connectivity index (χ0v) is 20.5. The predicted octanol–water partition coefficient (Wildman–Crippen LogP) is 2.17. The summed E-state index contributed by atoms with van der Waals surface area (Å²) >= 11 is 1.96. The van der Waals surface area contributed by atoms with Crippen LogP contribution in [0.15, 0.2) is 12.3 Å². The Kier molecular flexibility index (Phi) is 6.17. The average Bonchev–Trinajstić information content (AvgIpc) is 3.37. The van der Waals surface area contributed by atoms with Gasteiger partial charge in [0.2, 0.25) is 0 Å². The molecule has 0 N–H and O–H groups in total. The van der Waals surface area contributed by atoms with E-state index < -0.39 is 9.84 Å². The number of rotatable bonds is 5. The Hall–Kier alpha value is -1.33. The second-order valence-corrected chi connectivity index (χ2v) is 12.8. The normalized spacial score (nSPS) is 30.4. The molecule has 2 aromatic heterocycles. The number of fused-ring (bicyclic) bond motifs is 2. The molecule has 32 heavy (non-hydrogen) atoms. The molecule has 1 unspecified atom stereocenters. The first kappa shape index (κ1) is 22.5. The molecule has 2 fully saturated rings. The number of hydrogen-bond acceptors (Lipinski definition) is 8. The quantitative estimate of drug-likeness (QED) is 0.648. The van der Waals surface area contributed by atoms with Crippen molar-refractivity contribution in [2.75, 3.05) is 31.3 Å². The van der Waals surface area contributed by atoms with Gasteiger partial charge in [-0.2, -0.15) is 0 Å². The number of nitrogens with zero attached hydrogens (tertiary/aromatic N) is 4. The Morgan fingerprint density at radius 2 is 2.22 bits per heavy atom. The van der Waals surface area contributed by atoms with E-state index in [0.29, 0.717) is 12.6 Å². The van der Waals surface area contributed by atoms with Crippen LogP contribution in [-0.2, 0) is 50.8 Å². The van der Waals surface area contributed by atoms with Crippen molar-refractivity contribution in [2.45, 2.75) is 70.4 Å². The van der Waals surface area contributed by atoms with Gasteiger partial charge in [0.25, 0.3) is 0 Å². The number of aromatic nitrogens is 3. The van der Waals surface area contributed by atoms with Crippen LogP contribution in [0.4, 0.5) is 0 Å². The minimum atomic E-state index is -3.02. The molecule has 3 aliphatic rings. The van der Waals surface area contributed by atoms with Crippen molar-refractivity contribution in [1.29, 1.82) is 0 Å². The van der Waals surface area contributed by atoms with E-state index in [1.54, 1.807) is 4.68 Å². The molecular formula is C22H32N4O4S2. The lowest BCUT2D eigenvalue weighted by molar-refractivity contribution is -0.112. The summed E-state index contributed by atoms with van der Waals surface area (Å²) in [5.74, 6) is 0.161. The van der Waals surface area contributed by atoms with Crippen molar-refractivity contribution >= 4 is 21.2 Å². The third kappa shape index (κ3) is 4.52. The maximum absolute atomic E-state index is 11.8. The van der Waals surface area contributed by atoms with Crippen molar-refractivity contribution < 1.29 is 17.9 Å². The largest absolute Gasteiger partial charge is 0.374 e. The third-order valence-electron chi connectivity index (χ3n) is 6.99. The number of aryl methyl sites for hydroxylation is 1. The minimum Gasteiger partial charge on any atom is -0.374 e. The van der Waals surface area contributed by atoms with Gasteiger partial charge >= 0.3 is 0 Å². The summed E-state index contributed by atoms with van der Waals surface area (Å²) < 4.78 is 37.4. The summed E-state index contributed by atoms with van der Waals surface area (Å²) in [6, 6.07) is 2.76. The summed E-state index contributed by atoms with van der Waals surface area (Å²) in [6.45, 7) is 7.68. The van der Waals surface area contributed by atoms with Gasteiger partial charge in [0.1, 0.15) is 0 Å². The molecule has 0 saturated carbocycles. The van der Waals surface area contributed by atoms with E-state index in [1.807, 2.05) is 17.5 Å². The van der Waals surface area contributed by atoms with Gasteiger partial charge in [-0.15, -0.1) is 16.4 Å². The summed E-state index contributed by atoms with van der Waals surface area (Å²) in [4.78, 5) is 5.43. The van der Waals surface area contributed by atoms with Crippen LogP contribution in [-0.4, -0.2) is 71.7 Å². The summed E-state index contributed by atoms with van der Waals surface area (Å²) in [7, 11) is -3.02. The van der Waals surface area contributed by atoms with Gasteiger partial charge in [-0.05, 0) is 37.8 Å². The Morgan fingerprint density at radius 3 is 3.00 bits per heavy atom. The van der Waals surface area contributed by atoms with Crippen molar-refractivity contribution in [3.05, 3.63) is 33.3 Å². The molecule has 3 aliphatic heterocycles. The second kappa shape index (κ2) is 8.79. The lowest BCUT2D eigenvalue weighted by Gasteiger charge is -2.47. The van der Waals surface area contributed by atoms with Gasteiger partial charge in [0.05, 0.1) is 48.7 Å². The van der Waals surface area contributed by atoms with E-state index in [4.69, 9.17) is 9.47 Å². The topological polar surface area (TPSA) is 86.5 Å². The smallest absolute Gasteiger partial charge is 0.155 e. The molecule has 0 aromatic carbocycles. The molecule has 2 aromatic rings. The monoisotopic (exact) mass is 480 g/mol. The lowest BCUT2D eigenvalue weighted by Crippen LogP contribution is -2.50. The Morgan fingerprint density at radius 1 is 1.34 bits per heavy atom. The molecule has 5 rings (SSSR count). The van der Waals surface area contributed by atoms with Crippen LogP contribution in [0.5, 0.6) is 0 Å². The van der Waals surface area contributed by atoms with E-state index in [-0.39, 0.29) is 29.8 Å². The fourth-order valence-electron chi connectivity index (χ4n) is 5.29. The predicted molar refractivity (Wildman–Crippen MR) is 123 cm³/mol. The summed E-state index contributed by atoms with van der Waals surface area (Å²) in [5, 5.41) is 8.55. The number of ether oxygens (including phenoxy) is 2. The second-order valence-electron chi connectivity index (χ2n) is 9.31. The molecule has 0 aliphatic carbocycles. The molecule has 0 amide bonds. The van der Waals surface area contributed by atoms with E-state index in [2.05, 4.69) is 35.1 Å². The highest BCUT2D eigenvalue weighted by atomic mass is 32.2. The first-order valence-electron chi connectivity index (χ1n) is 11.6. The Labute approximate surface area is 193 Å². The molecule has 10 heteroatoms. The lowest BCUT2D eigenvalue weighted by atomic mass is 9.79. The SMILES string of the molecule is CCc1cc2c(s1)CCO[C@@]21CCN(Cc2cn(CC3CS(=O)(=O)CCO3)nn2)[C@@H](C)C1. The van der Waals surface area contributed by atoms with Crippen LogP contribution < -0.4 is 0 Å². The molecule has 0 radical (unpaired) electrons. The highest BCUT2D eigenvalue weighted by Gasteiger charge is 2.44. The zero-order chi connectivity index (χ0) is 22.3. The molecule has 2 saturated heterocycles. The van der Waals surface area contributed by atoms with Crippen molar-refractivity contribution in [3.63, 3.8) is 0 Å². The fraction of sp³-hybridized carbons (Fsp3) is 0.727. The van der Waals surface area contributed by atoms with Crippen molar-refractivity contribution in [1.82, 2.24) is 19.9 Å². The average molecular weight is 481 g/mol. The minimum absolute atomic E-state index is 0.0533. The van der Waals surface area contributed by atoms with Gasteiger partial charge in [-0.25, -0.2) is 13.1 Å². The van der Waals surface area contributed by atoms with Crippen LogP contribution in [0.1, 0.15) is 47.7 Å². The van der Waals surface area contributed by atoms with Gasteiger partial charge in [0.15, 0.2) is 9.84 Å². The molecule has 3 atom stereocenters. The van der Waals surface area contributed by atoms with E-state index in [9.17, 15) is 8.42 Å². The first-order valence-corrected chi connectivity index (χ1v) is 14.2. The maximum atomic E-state index is 11.8. The van der Waals surface area contributed by atoms with Crippen molar-refractivity contribution in [2.24, 2.45) is 0 Å². The van der Waals surface area contributed by atoms with Gasteiger partial charge < -0.3 is 9.47 Å². The summed E-state index contributed by atoms with van der Waals surface area (Å²) in [5.41, 5.74) is 2.19. The van der Waals surface area contributed by atoms with Crippen LogP contribution in [0.25, 0.3) is 0 Å². The number of hydrogen-bond donors (Lipinski definition) is 0. The number of sulfone groups is 1. The summed E-state index contributed by atoms with van der Waals surface area (Å²) in [6.07, 6.45) is 5.67. The van der Waals surface area contributed by atoms with Crippen LogP contribution in [0.2, 0.25) is 0 Å². The number of piperidine rings is 1. The number of likely N-dealkylation sites (tertiary alicyclic amines) is 1. The molecule has 5 heterocycles. The Balaban J connectivity index is 1.22. The van der Waals surface area contributed by atoms with Crippen LogP contribution in [0, 0.1) is 0 Å². The number of thiophene rings is 1. The third-order valence-corrected chi connectivity index (χ3v) is 10.00. The van der Waals surface area contributed by atoms with Gasteiger partial charge in [-0.1, -0.05) is 12.1 Å². The highest BCUT2D eigenvalue weighted by molar-refractivity contribution is 7.91. The molecule has 8 nitrogen and oxygen atoms in total. The highest BCUT2D eigenvalue weighted by Crippen LogP contribution is 2.46. The molecular weight excluding hydrogens is 448 g/mol. The van der Waals surface area contributed by atoms with Crippen LogP contribution >= 0.6 is 11.3 Å². The van der Waals surface area contributed by atoms with E-state index >= 15 is 0 Å². The van der Waals surface area contributed by atoms with Gasteiger partial charge in [-0.3, -0.25) is 4.90 Å². The standard InChI is InChI=1S/C22H32N4O4S2/c1-3-19-10-20-21(31-19)4-7-30-22(20)5-6-25(16(2)11-22)12-17-13-26(24-23-17)14-18-15-32(27,28)9-8-29-18/h10,13,16,18H,3-9,11-12,14-15H2,1-2H3/t16-,18?,22+/m0/s1. The van der Waals surface area contributed by atoms with E-state index in [1.165, 1.54) is 15.3 Å².